The Morgan fingerprint density at radius 2 is 1.79 bits per heavy atom. The Morgan fingerprint density at radius 1 is 1.14 bits per heavy atom. The summed E-state index contributed by atoms with van der Waals surface area (Å²) in [5, 5.41) is 13.1. The second-order valence-electron chi connectivity index (χ2n) is 7.69. The first kappa shape index (κ1) is 21.8. The molecule has 2 aromatic rings. The maximum Gasteiger partial charge on any atom is 0.190 e. The van der Waals surface area contributed by atoms with Crippen molar-refractivity contribution >= 4 is 22.6 Å². The minimum Gasteiger partial charge on any atom is -0.497 e. The molecule has 2 aromatic carbocycles. The van der Waals surface area contributed by atoms with E-state index in [9.17, 15) is 10.1 Å². The van der Waals surface area contributed by atoms with Crippen LogP contribution in [0.25, 0.3) is 0 Å². The number of nitrogens with one attached hydrogen (secondary N) is 1. The minimum absolute atomic E-state index is 0.0149. The van der Waals surface area contributed by atoms with Gasteiger partial charge in [-0.05, 0) is 42.2 Å². The van der Waals surface area contributed by atoms with E-state index in [-0.39, 0.29) is 15.8 Å². The number of thioether (sulfide) groups is 1. The number of hydrogen-bond donors (Lipinski definition) is 1. The van der Waals surface area contributed by atoms with Crippen molar-refractivity contribution in [3.63, 3.8) is 0 Å². The molecule has 4 nitrogen and oxygen atoms in total. The normalized spacial score (nSPS) is 13.2. The topological polar surface area (TPSA) is 62.1 Å². The summed E-state index contributed by atoms with van der Waals surface area (Å²) in [7, 11) is 1.62. The molecule has 0 fully saturated rings. The predicted molar refractivity (Wildman–Crippen MR) is 117 cm³/mol. The van der Waals surface area contributed by atoms with Crippen molar-refractivity contribution in [3.8, 4) is 11.8 Å². The summed E-state index contributed by atoms with van der Waals surface area (Å²) < 4.78 is 5.06. The molecule has 0 spiro atoms. The van der Waals surface area contributed by atoms with Gasteiger partial charge in [0, 0.05) is 16.9 Å². The Kier molecular flexibility index (Phi) is 7.95. The van der Waals surface area contributed by atoms with Crippen LogP contribution in [0.3, 0.4) is 0 Å². The number of methoxy groups -OCH3 is 1. The van der Waals surface area contributed by atoms with Crippen molar-refractivity contribution in [2.24, 2.45) is 0 Å². The van der Waals surface area contributed by atoms with Crippen molar-refractivity contribution in [1.82, 2.24) is 0 Å². The molecule has 2 atom stereocenters. The molecule has 0 aliphatic rings. The summed E-state index contributed by atoms with van der Waals surface area (Å²) in [5.41, 5.74) is 1.94. The van der Waals surface area contributed by atoms with Gasteiger partial charge in [0.05, 0.1) is 13.2 Å². The summed E-state index contributed by atoms with van der Waals surface area (Å²) in [6.45, 7) is 6.11. The molecule has 5 heteroatoms. The first-order chi connectivity index (χ1) is 13.3. The summed E-state index contributed by atoms with van der Waals surface area (Å²) in [6, 6.07) is 19.4. The molecular weight excluding hydrogens is 368 g/mol. The number of anilines is 1. The lowest BCUT2D eigenvalue weighted by Crippen LogP contribution is -2.22. The zero-order chi connectivity index (χ0) is 20.6. The first-order valence-electron chi connectivity index (χ1n) is 9.37. The van der Waals surface area contributed by atoms with Crippen molar-refractivity contribution < 1.29 is 9.53 Å². The fourth-order valence-corrected chi connectivity index (χ4v) is 3.93. The maximum atomic E-state index is 12.6. The van der Waals surface area contributed by atoms with Crippen LogP contribution in [0, 0.1) is 11.3 Å². The number of carbonyl (C=O) groups is 1. The first-order valence-corrected chi connectivity index (χ1v) is 10.2. The van der Waals surface area contributed by atoms with Gasteiger partial charge in [0.25, 0.3) is 0 Å². The molecule has 2 rings (SSSR count). The summed E-state index contributed by atoms with van der Waals surface area (Å²) in [4.78, 5) is 12.6. The second-order valence-corrected chi connectivity index (χ2v) is 9.57. The third-order valence-electron chi connectivity index (χ3n) is 4.21. The van der Waals surface area contributed by atoms with Crippen LogP contribution in [-0.4, -0.2) is 23.0 Å². The predicted octanol–water partition coefficient (Wildman–Crippen LogP) is 5.62. The molecule has 148 valence electrons. The fourth-order valence-electron chi connectivity index (χ4n) is 2.96. The number of hydrogen-bond acceptors (Lipinski definition) is 5. The molecule has 0 aromatic heterocycles. The highest BCUT2D eigenvalue weighted by Gasteiger charge is 2.24. The van der Waals surface area contributed by atoms with E-state index in [4.69, 9.17) is 4.74 Å². The van der Waals surface area contributed by atoms with E-state index >= 15 is 0 Å². The van der Waals surface area contributed by atoms with E-state index in [1.807, 2.05) is 75.4 Å². The van der Waals surface area contributed by atoms with E-state index in [1.54, 1.807) is 7.11 Å². The van der Waals surface area contributed by atoms with Crippen molar-refractivity contribution in [3.05, 3.63) is 60.2 Å². The Morgan fingerprint density at radius 3 is 2.32 bits per heavy atom. The molecule has 0 saturated heterocycles. The molecule has 0 heterocycles. The minimum atomic E-state index is -0.397. The van der Waals surface area contributed by atoms with E-state index in [0.29, 0.717) is 12.8 Å². The van der Waals surface area contributed by atoms with Crippen molar-refractivity contribution in [2.75, 3.05) is 12.4 Å². The number of benzene rings is 2. The average Bonchev–Trinajstić information content (AvgIpc) is 2.66. The van der Waals surface area contributed by atoms with E-state index in [0.717, 1.165) is 17.0 Å². The number of nitriles is 1. The number of ether oxygens (including phenoxy) is 1. The summed E-state index contributed by atoms with van der Waals surface area (Å²) >= 11 is 1.37. The average molecular weight is 397 g/mol. The highest BCUT2D eigenvalue weighted by molar-refractivity contribution is 8.14. The van der Waals surface area contributed by atoms with Gasteiger partial charge in [0.1, 0.15) is 11.8 Å². The van der Waals surface area contributed by atoms with Crippen LogP contribution < -0.4 is 10.1 Å². The molecule has 0 aliphatic carbocycles. The molecule has 2 unspecified atom stereocenters. The van der Waals surface area contributed by atoms with Crippen LogP contribution in [0.4, 0.5) is 5.69 Å². The molecule has 0 radical (unpaired) electrons. The van der Waals surface area contributed by atoms with E-state index < -0.39 is 6.04 Å². The van der Waals surface area contributed by atoms with E-state index in [1.165, 1.54) is 11.8 Å². The van der Waals surface area contributed by atoms with Crippen LogP contribution in [-0.2, 0) is 4.79 Å². The number of carbonyl (C=O) groups excluding carboxylic acids is 1. The zero-order valence-corrected chi connectivity index (χ0v) is 17.8. The van der Waals surface area contributed by atoms with E-state index in [2.05, 4.69) is 11.4 Å². The van der Waals surface area contributed by atoms with Gasteiger partial charge in [0.2, 0.25) is 0 Å². The zero-order valence-electron chi connectivity index (χ0n) is 16.9. The van der Waals surface area contributed by atoms with Crippen LogP contribution >= 0.6 is 11.8 Å². The molecule has 0 saturated carbocycles. The lowest BCUT2D eigenvalue weighted by molar-refractivity contribution is -0.111. The van der Waals surface area contributed by atoms with Gasteiger partial charge in [-0.1, -0.05) is 62.9 Å². The highest BCUT2D eigenvalue weighted by atomic mass is 32.2. The van der Waals surface area contributed by atoms with Gasteiger partial charge in [-0.15, -0.1) is 0 Å². The number of nitrogens with zero attached hydrogens (tertiary/aromatic N) is 1. The third kappa shape index (κ3) is 7.28. The molecule has 0 aliphatic heterocycles. The second kappa shape index (κ2) is 10.2. The highest BCUT2D eigenvalue weighted by Crippen LogP contribution is 2.32. The number of rotatable bonds is 8. The molecule has 1 N–H and O–H groups in total. The van der Waals surface area contributed by atoms with Crippen molar-refractivity contribution in [2.45, 2.75) is 50.3 Å². The van der Waals surface area contributed by atoms with Gasteiger partial charge < -0.3 is 10.1 Å². The fraction of sp³-hybridized carbons (Fsp3) is 0.391. The molecule has 0 bridgehead atoms. The van der Waals surface area contributed by atoms with Crippen molar-refractivity contribution in [1.29, 1.82) is 5.26 Å². The standard InChI is InChI=1S/C23H28N2O2S/c1-23(2,3)28-22(26)15-18(17-8-6-5-7-9-17)14-20(16-24)25-19-10-12-21(27-4)13-11-19/h5-13,18,20,25H,14-15H2,1-4H3. The molecule has 0 amide bonds. The lowest BCUT2D eigenvalue weighted by atomic mass is 9.90. The Labute approximate surface area is 172 Å². The van der Waals surface area contributed by atoms with Gasteiger partial charge in [0.15, 0.2) is 5.12 Å². The monoisotopic (exact) mass is 396 g/mol. The Hall–Kier alpha value is -2.45. The Balaban J connectivity index is 2.12. The van der Waals surface area contributed by atoms with Gasteiger partial charge in [-0.3, -0.25) is 4.79 Å². The summed E-state index contributed by atoms with van der Waals surface area (Å²) in [6.07, 6.45) is 0.970. The maximum absolute atomic E-state index is 12.6. The van der Waals surface area contributed by atoms with Gasteiger partial charge >= 0.3 is 0 Å². The molecule has 28 heavy (non-hydrogen) atoms. The molecular formula is C23H28N2O2S. The van der Waals surface area contributed by atoms with Crippen LogP contribution in [0.15, 0.2) is 54.6 Å². The van der Waals surface area contributed by atoms with Crippen LogP contribution in [0.2, 0.25) is 0 Å². The summed E-state index contributed by atoms with van der Waals surface area (Å²) in [5.74, 6) is 0.755. The van der Waals surface area contributed by atoms with Crippen LogP contribution in [0.1, 0.15) is 45.1 Å². The quantitative estimate of drug-likeness (QED) is 0.627. The van der Waals surface area contributed by atoms with Gasteiger partial charge in [-0.2, -0.15) is 5.26 Å². The lowest BCUT2D eigenvalue weighted by Gasteiger charge is -2.23. The third-order valence-corrected chi connectivity index (χ3v) is 5.22. The Bertz CT molecular complexity index is 792. The van der Waals surface area contributed by atoms with Gasteiger partial charge in [-0.25, -0.2) is 0 Å². The smallest absolute Gasteiger partial charge is 0.190 e. The SMILES string of the molecule is COc1ccc(NC(C#N)CC(CC(=O)SC(C)(C)C)c2ccccc2)cc1. The van der Waals surface area contributed by atoms with Crippen LogP contribution in [0.5, 0.6) is 5.75 Å². The largest absolute Gasteiger partial charge is 0.497 e.